The van der Waals surface area contributed by atoms with Crippen LogP contribution >= 0.6 is 0 Å². The van der Waals surface area contributed by atoms with Crippen LogP contribution < -0.4 is 15.3 Å². The van der Waals surface area contributed by atoms with Crippen molar-refractivity contribution in [1.29, 1.82) is 0 Å². The summed E-state index contributed by atoms with van der Waals surface area (Å²) in [7, 11) is 2.52. The van der Waals surface area contributed by atoms with Gasteiger partial charge in [-0.05, 0) is 95.8 Å². The number of anilines is 2. The van der Waals surface area contributed by atoms with Crippen molar-refractivity contribution in [3.8, 4) is 11.8 Å². The van der Waals surface area contributed by atoms with Gasteiger partial charge >= 0.3 is 7.12 Å². The van der Waals surface area contributed by atoms with Gasteiger partial charge in [0.2, 0.25) is 0 Å². The summed E-state index contributed by atoms with van der Waals surface area (Å²) in [5.41, 5.74) is 8.81. The lowest BCUT2D eigenvalue weighted by atomic mass is 9.79. The smallest absolute Gasteiger partial charge is 0.423 e. The van der Waals surface area contributed by atoms with Gasteiger partial charge in [-0.25, -0.2) is 4.39 Å². The van der Waals surface area contributed by atoms with E-state index in [1.54, 1.807) is 6.07 Å². The zero-order chi connectivity index (χ0) is 32.9. The first-order valence-electron chi connectivity index (χ1n) is 16.1. The third kappa shape index (κ3) is 7.36. The van der Waals surface area contributed by atoms with Crippen LogP contribution in [0.2, 0.25) is 0 Å². The molecule has 1 heterocycles. The molecular formula is C40H39BFN3O2. The summed E-state index contributed by atoms with van der Waals surface area (Å²) in [4.78, 5) is 4.32. The summed E-state index contributed by atoms with van der Waals surface area (Å²) in [6.45, 7) is 4.22. The van der Waals surface area contributed by atoms with Crippen molar-refractivity contribution in [3.05, 3.63) is 137 Å². The van der Waals surface area contributed by atoms with Gasteiger partial charge in [0.15, 0.2) is 0 Å². The molecule has 0 radical (unpaired) electrons. The van der Waals surface area contributed by atoms with Gasteiger partial charge in [-0.2, -0.15) is 0 Å². The van der Waals surface area contributed by atoms with E-state index >= 15 is 0 Å². The van der Waals surface area contributed by atoms with E-state index in [-0.39, 0.29) is 5.82 Å². The van der Waals surface area contributed by atoms with E-state index in [1.807, 2.05) is 44.4 Å². The van der Waals surface area contributed by atoms with Crippen LogP contribution in [-0.4, -0.2) is 35.8 Å². The summed E-state index contributed by atoms with van der Waals surface area (Å²) < 4.78 is 16.2. The molecule has 0 aliphatic carbocycles. The maximum atomic E-state index is 13.8. The Kier molecular flexibility index (Phi) is 9.63. The lowest BCUT2D eigenvalue weighted by Crippen LogP contribution is -2.30. The molecule has 47 heavy (non-hydrogen) atoms. The molecule has 236 valence electrons. The highest BCUT2D eigenvalue weighted by Gasteiger charge is 2.17. The molecule has 0 amide bonds. The molecule has 0 saturated carbocycles. The predicted octanol–water partition coefficient (Wildman–Crippen LogP) is 7.09. The fourth-order valence-corrected chi connectivity index (χ4v) is 6.03. The van der Waals surface area contributed by atoms with Gasteiger partial charge in [-0.1, -0.05) is 61.6 Å². The molecule has 0 atom stereocenters. The number of aromatic nitrogens is 1. The lowest BCUT2D eigenvalue weighted by molar-refractivity contribution is 0.425. The molecule has 2 N–H and O–H groups in total. The monoisotopic (exact) mass is 623 g/mol. The Morgan fingerprint density at radius 2 is 1.34 bits per heavy atom. The molecule has 0 unspecified atom stereocenters. The molecule has 0 aliphatic heterocycles. The summed E-state index contributed by atoms with van der Waals surface area (Å²) in [6.07, 6.45) is 2.18. The Morgan fingerprint density at radius 1 is 0.702 bits per heavy atom. The number of fused-ring (bicyclic) bond motifs is 3. The number of aryl methyl sites for hydroxylation is 1. The van der Waals surface area contributed by atoms with E-state index in [9.17, 15) is 14.4 Å². The zero-order valence-corrected chi connectivity index (χ0v) is 27.1. The maximum Gasteiger partial charge on any atom is 0.488 e. The van der Waals surface area contributed by atoms with E-state index in [2.05, 4.69) is 93.8 Å². The number of rotatable bonds is 10. The minimum absolute atomic E-state index is 0.268. The molecule has 5 nitrogen and oxygen atoms in total. The van der Waals surface area contributed by atoms with Crippen LogP contribution in [0.5, 0.6) is 0 Å². The molecule has 5 aromatic carbocycles. The number of hydrogen-bond donors (Lipinski definition) is 2. The number of benzene rings is 5. The molecule has 0 bridgehead atoms. The average molecular weight is 624 g/mol. The summed E-state index contributed by atoms with van der Waals surface area (Å²) in [5, 5.41) is 21.9. The summed E-state index contributed by atoms with van der Waals surface area (Å²) in [6, 6.07) is 35.3. The van der Waals surface area contributed by atoms with Gasteiger partial charge in [0.05, 0.1) is 0 Å². The van der Waals surface area contributed by atoms with E-state index < -0.39 is 7.12 Å². The molecule has 6 aromatic rings. The fourth-order valence-electron chi connectivity index (χ4n) is 6.03. The molecule has 0 spiro atoms. The maximum absolute atomic E-state index is 13.8. The lowest BCUT2D eigenvalue weighted by Gasteiger charge is -2.26. The SMILES string of the molecule is CCCCn1c2ccc(C#Cc3ccc(N(C)C)cc3)cc2c2cc(N(Cc3ccc(F)cc3)Cc3cccc(B(O)O)c3)ccc21. The van der Waals surface area contributed by atoms with Gasteiger partial charge in [0, 0.05) is 78.0 Å². The van der Waals surface area contributed by atoms with Crippen molar-refractivity contribution in [2.75, 3.05) is 23.9 Å². The first-order valence-corrected chi connectivity index (χ1v) is 16.1. The molecule has 0 fully saturated rings. The van der Waals surface area contributed by atoms with Crippen LogP contribution in [-0.2, 0) is 19.6 Å². The van der Waals surface area contributed by atoms with E-state index in [4.69, 9.17) is 0 Å². The fraction of sp³-hybridized carbons (Fsp3) is 0.200. The number of hydrogen-bond acceptors (Lipinski definition) is 4. The van der Waals surface area contributed by atoms with Crippen molar-refractivity contribution in [2.45, 2.75) is 39.4 Å². The van der Waals surface area contributed by atoms with E-state index in [0.29, 0.717) is 18.6 Å². The molecule has 1 aromatic heterocycles. The van der Waals surface area contributed by atoms with Crippen LogP contribution in [0.3, 0.4) is 0 Å². The van der Waals surface area contributed by atoms with Gasteiger partial charge in [-0.3, -0.25) is 0 Å². The van der Waals surface area contributed by atoms with Crippen molar-refractivity contribution in [1.82, 2.24) is 4.57 Å². The van der Waals surface area contributed by atoms with Crippen LogP contribution in [0, 0.1) is 17.7 Å². The third-order valence-electron chi connectivity index (χ3n) is 8.59. The van der Waals surface area contributed by atoms with Crippen LogP contribution in [0.4, 0.5) is 15.8 Å². The van der Waals surface area contributed by atoms with Crippen molar-refractivity contribution in [3.63, 3.8) is 0 Å². The molecular weight excluding hydrogens is 584 g/mol. The Balaban J connectivity index is 1.43. The Bertz CT molecular complexity index is 2060. The Hall–Kier alpha value is -5.03. The molecule has 0 aliphatic rings. The second kappa shape index (κ2) is 14.2. The van der Waals surface area contributed by atoms with Gasteiger partial charge in [-0.15, -0.1) is 0 Å². The highest BCUT2D eigenvalue weighted by molar-refractivity contribution is 6.58. The minimum Gasteiger partial charge on any atom is -0.423 e. The molecule has 7 heteroatoms. The van der Waals surface area contributed by atoms with Crippen molar-refractivity contribution in [2.24, 2.45) is 0 Å². The second-order valence-corrected chi connectivity index (χ2v) is 12.2. The largest absolute Gasteiger partial charge is 0.488 e. The predicted molar refractivity (Wildman–Crippen MR) is 194 cm³/mol. The first-order chi connectivity index (χ1) is 22.8. The van der Waals surface area contributed by atoms with Gasteiger partial charge < -0.3 is 24.4 Å². The normalized spacial score (nSPS) is 11.0. The summed E-state index contributed by atoms with van der Waals surface area (Å²) in [5.74, 6) is 6.45. The topological polar surface area (TPSA) is 51.9 Å². The quantitative estimate of drug-likeness (QED) is 0.127. The summed E-state index contributed by atoms with van der Waals surface area (Å²) >= 11 is 0. The standard InChI is InChI=1S/C40H39BFN3O2/c1-4-5-23-45-39-21-15-30(10-9-29-13-18-35(19-14-29)43(2)3)25-37(39)38-26-36(20-22-40(38)45)44(27-31-11-16-34(42)17-12-31)28-32-7-6-8-33(24-32)41(46)47/h6-8,11-22,24-26,46-47H,4-5,23,27-28H2,1-3H3. The van der Waals surface area contributed by atoms with E-state index in [0.717, 1.165) is 63.8 Å². The minimum atomic E-state index is -1.54. The highest BCUT2D eigenvalue weighted by Crippen LogP contribution is 2.34. The van der Waals surface area contributed by atoms with E-state index in [1.165, 1.54) is 23.2 Å². The average Bonchev–Trinajstić information content (AvgIpc) is 3.39. The van der Waals surface area contributed by atoms with Crippen molar-refractivity contribution < 1.29 is 14.4 Å². The highest BCUT2D eigenvalue weighted by atomic mass is 19.1. The number of unbranched alkanes of at least 4 members (excludes halogenated alkanes) is 1. The van der Waals surface area contributed by atoms with Crippen LogP contribution in [0.25, 0.3) is 21.8 Å². The number of nitrogens with zero attached hydrogens (tertiary/aromatic N) is 3. The Labute approximate surface area is 276 Å². The van der Waals surface area contributed by atoms with Crippen LogP contribution in [0.1, 0.15) is 42.0 Å². The van der Waals surface area contributed by atoms with Crippen LogP contribution in [0.15, 0.2) is 109 Å². The first kappa shape index (κ1) is 31.9. The Morgan fingerprint density at radius 3 is 2.04 bits per heavy atom. The second-order valence-electron chi connectivity index (χ2n) is 12.2. The van der Waals surface area contributed by atoms with Crippen molar-refractivity contribution >= 4 is 45.8 Å². The van der Waals surface area contributed by atoms with Gasteiger partial charge in [0.25, 0.3) is 0 Å². The van der Waals surface area contributed by atoms with Gasteiger partial charge in [0.1, 0.15) is 5.82 Å². The zero-order valence-electron chi connectivity index (χ0n) is 27.1. The molecule has 6 rings (SSSR count). The third-order valence-corrected chi connectivity index (χ3v) is 8.59. The molecule has 0 saturated heterocycles. The number of halogens is 1.